The highest BCUT2D eigenvalue weighted by atomic mass is 16.5. The van der Waals surface area contributed by atoms with Crippen molar-refractivity contribution in [2.24, 2.45) is 12.8 Å². The van der Waals surface area contributed by atoms with Crippen molar-refractivity contribution in [3.05, 3.63) is 47.2 Å². The average Bonchev–Trinajstić information content (AvgIpc) is 2.62. The minimum atomic E-state index is -0.0244. The van der Waals surface area contributed by atoms with E-state index in [9.17, 15) is 0 Å². The maximum absolute atomic E-state index is 7.56. The molecule has 0 amide bonds. The van der Waals surface area contributed by atoms with Crippen LogP contribution in [-0.2, 0) is 13.7 Å². The van der Waals surface area contributed by atoms with E-state index in [-0.39, 0.29) is 5.84 Å². The number of benzene rings is 1. The van der Waals surface area contributed by atoms with E-state index in [0.717, 1.165) is 5.56 Å². The number of ether oxygens (including phenoxy) is 1. The van der Waals surface area contributed by atoms with E-state index in [1.165, 1.54) is 0 Å². The number of nitrogens with zero attached hydrogens (tertiary/aromatic N) is 2. The lowest BCUT2D eigenvalue weighted by Gasteiger charge is -2.08. The Hall–Kier alpha value is -2.30. The summed E-state index contributed by atoms with van der Waals surface area (Å²) in [6, 6.07) is 9.84. The second-order valence-corrected chi connectivity index (χ2v) is 4.08. The largest absolute Gasteiger partial charge is 0.472 e. The molecule has 0 spiro atoms. The molecule has 0 aliphatic heterocycles. The lowest BCUT2D eigenvalue weighted by atomic mass is 10.2. The van der Waals surface area contributed by atoms with Crippen molar-refractivity contribution >= 4 is 5.84 Å². The third-order valence-electron chi connectivity index (χ3n) is 2.66. The number of aromatic nitrogens is 2. The van der Waals surface area contributed by atoms with Crippen molar-refractivity contribution in [3.8, 4) is 5.88 Å². The molecule has 94 valence electrons. The number of aryl methyl sites for hydroxylation is 2. The van der Waals surface area contributed by atoms with Gasteiger partial charge in [-0.1, -0.05) is 30.3 Å². The van der Waals surface area contributed by atoms with Gasteiger partial charge in [0, 0.05) is 7.05 Å². The van der Waals surface area contributed by atoms with Crippen LogP contribution in [0.15, 0.2) is 30.3 Å². The Balaban J connectivity index is 2.22. The van der Waals surface area contributed by atoms with Crippen LogP contribution in [0.25, 0.3) is 0 Å². The van der Waals surface area contributed by atoms with E-state index < -0.39 is 0 Å². The topological polar surface area (TPSA) is 76.9 Å². The van der Waals surface area contributed by atoms with Gasteiger partial charge in [-0.15, -0.1) is 0 Å². The lowest BCUT2D eigenvalue weighted by molar-refractivity contribution is 0.278. The fraction of sp³-hybridized carbons (Fsp3) is 0.231. The summed E-state index contributed by atoms with van der Waals surface area (Å²) >= 11 is 0. The Morgan fingerprint density at radius 2 is 2.06 bits per heavy atom. The van der Waals surface area contributed by atoms with Crippen molar-refractivity contribution in [3.63, 3.8) is 0 Å². The number of rotatable bonds is 4. The van der Waals surface area contributed by atoms with E-state index in [2.05, 4.69) is 5.10 Å². The van der Waals surface area contributed by atoms with E-state index in [0.29, 0.717) is 23.7 Å². The maximum atomic E-state index is 7.56. The molecule has 0 saturated heterocycles. The molecule has 0 bridgehead atoms. The van der Waals surface area contributed by atoms with Gasteiger partial charge >= 0.3 is 0 Å². The summed E-state index contributed by atoms with van der Waals surface area (Å²) in [6.45, 7) is 2.24. The van der Waals surface area contributed by atoms with Gasteiger partial charge in [-0.2, -0.15) is 5.10 Å². The first kappa shape index (κ1) is 12.2. The van der Waals surface area contributed by atoms with E-state index >= 15 is 0 Å². The van der Waals surface area contributed by atoms with Crippen LogP contribution in [0.1, 0.15) is 16.8 Å². The molecule has 0 atom stereocenters. The molecule has 1 aromatic carbocycles. The van der Waals surface area contributed by atoms with Crippen molar-refractivity contribution in [2.45, 2.75) is 13.5 Å². The Labute approximate surface area is 106 Å². The summed E-state index contributed by atoms with van der Waals surface area (Å²) in [6.07, 6.45) is 0. The molecule has 0 aliphatic carbocycles. The first-order chi connectivity index (χ1) is 8.59. The van der Waals surface area contributed by atoms with Gasteiger partial charge in [-0.05, 0) is 12.5 Å². The minimum Gasteiger partial charge on any atom is -0.472 e. The molecule has 0 aliphatic rings. The van der Waals surface area contributed by atoms with Crippen LogP contribution in [0.4, 0.5) is 0 Å². The van der Waals surface area contributed by atoms with Gasteiger partial charge in [0.05, 0.1) is 5.69 Å². The first-order valence-electron chi connectivity index (χ1n) is 5.64. The second-order valence-electron chi connectivity index (χ2n) is 4.08. The Morgan fingerprint density at radius 3 is 2.67 bits per heavy atom. The van der Waals surface area contributed by atoms with Crippen LogP contribution >= 0.6 is 0 Å². The van der Waals surface area contributed by atoms with E-state index in [1.54, 1.807) is 11.7 Å². The fourth-order valence-corrected chi connectivity index (χ4v) is 1.84. The van der Waals surface area contributed by atoms with Crippen molar-refractivity contribution in [1.29, 1.82) is 5.41 Å². The Bertz CT molecular complexity index is 560. The summed E-state index contributed by atoms with van der Waals surface area (Å²) in [5.41, 5.74) is 7.87. The van der Waals surface area contributed by atoms with Crippen molar-refractivity contribution < 1.29 is 4.74 Å². The zero-order valence-corrected chi connectivity index (χ0v) is 10.5. The van der Waals surface area contributed by atoms with Gasteiger partial charge in [0.2, 0.25) is 5.88 Å². The average molecular weight is 244 g/mol. The van der Waals surface area contributed by atoms with Gasteiger partial charge in [-0.3, -0.25) is 5.41 Å². The van der Waals surface area contributed by atoms with Gasteiger partial charge in [0.1, 0.15) is 18.0 Å². The third kappa shape index (κ3) is 2.34. The quantitative estimate of drug-likeness (QED) is 0.633. The zero-order chi connectivity index (χ0) is 13.1. The van der Waals surface area contributed by atoms with Crippen LogP contribution in [0.3, 0.4) is 0 Å². The number of nitrogens with two attached hydrogens (primary N) is 1. The molecule has 0 saturated carbocycles. The number of hydrogen-bond acceptors (Lipinski definition) is 3. The van der Waals surface area contributed by atoms with Crippen LogP contribution in [0, 0.1) is 12.3 Å². The molecule has 5 nitrogen and oxygen atoms in total. The smallest absolute Gasteiger partial charge is 0.223 e. The normalized spacial score (nSPS) is 10.3. The molecule has 2 rings (SSSR count). The monoisotopic (exact) mass is 244 g/mol. The highest BCUT2D eigenvalue weighted by Gasteiger charge is 2.17. The van der Waals surface area contributed by atoms with Crippen LogP contribution in [-0.4, -0.2) is 15.6 Å². The molecule has 0 unspecified atom stereocenters. The van der Waals surface area contributed by atoms with Crippen molar-refractivity contribution in [1.82, 2.24) is 9.78 Å². The molecular formula is C13H16N4O. The summed E-state index contributed by atoms with van der Waals surface area (Å²) in [7, 11) is 1.78. The predicted molar refractivity (Wildman–Crippen MR) is 69.7 cm³/mol. The molecule has 1 heterocycles. The molecule has 0 radical (unpaired) electrons. The summed E-state index contributed by atoms with van der Waals surface area (Å²) in [5.74, 6) is 0.507. The van der Waals surface area contributed by atoms with Gasteiger partial charge in [0.25, 0.3) is 0 Å². The van der Waals surface area contributed by atoms with Gasteiger partial charge < -0.3 is 10.5 Å². The predicted octanol–water partition coefficient (Wildman–Crippen LogP) is 1.59. The lowest BCUT2D eigenvalue weighted by Crippen LogP contribution is -2.14. The summed E-state index contributed by atoms with van der Waals surface area (Å²) in [4.78, 5) is 0. The molecule has 1 aromatic heterocycles. The Morgan fingerprint density at radius 1 is 1.39 bits per heavy atom. The highest BCUT2D eigenvalue weighted by Crippen LogP contribution is 2.21. The number of amidine groups is 1. The molecule has 18 heavy (non-hydrogen) atoms. The van der Waals surface area contributed by atoms with Crippen molar-refractivity contribution in [2.75, 3.05) is 0 Å². The molecule has 2 aromatic rings. The van der Waals surface area contributed by atoms with Crippen LogP contribution < -0.4 is 10.5 Å². The molecule has 5 heteroatoms. The fourth-order valence-electron chi connectivity index (χ4n) is 1.84. The number of hydrogen-bond donors (Lipinski definition) is 2. The number of nitrogen functional groups attached to an aromatic ring is 1. The summed E-state index contributed by atoms with van der Waals surface area (Å²) < 4.78 is 7.32. The third-order valence-corrected chi connectivity index (χ3v) is 2.66. The van der Waals surface area contributed by atoms with Crippen LogP contribution in [0.5, 0.6) is 5.88 Å². The first-order valence-corrected chi connectivity index (χ1v) is 5.64. The second kappa shape index (κ2) is 4.91. The van der Waals surface area contributed by atoms with Gasteiger partial charge in [-0.25, -0.2) is 4.68 Å². The zero-order valence-electron chi connectivity index (χ0n) is 10.5. The molecule has 0 fully saturated rings. The Kier molecular flexibility index (Phi) is 3.32. The SMILES string of the molecule is Cc1nn(C)c(OCc2ccccc2)c1C(=N)N. The van der Waals surface area contributed by atoms with Crippen LogP contribution in [0.2, 0.25) is 0 Å². The van der Waals surface area contributed by atoms with E-state index in [4.69, 9.17) is 15.9 Å². The number of nitrogens with one attached hydrogen (secondary N) is 1. The molecular weight excluding hydrogens is 228 g/mol. The minimum absolute atomic E-state index is 0.0244. The highest BCUT2D eigenvalue weighted by molar-refractivity contribution is 5.98. The summed E-state index contributed by atoms with van der Waals surface area (Å²) in [5, 5.41) is 11.8. The maximum Gasteiger partial charge on any atom is 0.223 e. The molecule has 3 N–H and O–H groups in total. The van der Waals surface area contributed by atoms with Gasteiger partial charge in [0.15, 0.2) is 0 Å². The van der Waals surface area contributed by atoms with E-state index in [1.807, 2.05) is 37.3 Å². The standard InChI is InChI=1S/C13H16N4O/c1-9-11(12(14)15)13(17(2)16-9)18-8-10-6-4-3-5-7-10/h3-7H,8H2,1-2H3,(H3,14,15).